The molecule has 4 N–H and O–H groups in total. The summed E-state index contributed by atoms with van der Waals surface area (Å²) in [6, 6.07) is 11.4. The Morgan fingerprint density at radius 2 is 1.69 bits per heavy atom. The highest BCUT2D eigenvalue weighted by Crippen LogP contribution is 2.33. The molecule has 1 aromatic heterocycles. The second-order valence-corrected chi connectivity index (χ2v) is 8.99. The Balaban J connectivity index is 1.59. The summed E-state index contributed by atoms with van der Waals surface area (Å²) < 4.78 is 0. The van der Waals surface area contributed by atoms with Gasteiger partial charge in [-0.25, -0.2) is 0 Å². The van der Waals surface area contributed by atoms with Crippen LogP contribution in [0.15, 0.2) is 41.2 Å². The highest BCUT2D eigenvalue weighted by molar-refractivity contribution is 5.87. The van der Waals surface area contributed by atoms with E-state index in [1.807, 2.05) is 0 Å². The first-order valence-electron chi connectivity index (χ1n) is 11.9. The fourth-order valence-corrected chi connectivity index (χ4v) is 5.23. The average Bonchev–Trinajstić information content (AvgIpc) is 3.19. The van der Waals surface area contributed by atoms with Crippen molar-refractivity contribution in [2.45, 2.75) is 77.5 Å². The van der Waals surface area contributed by atoms with Crippen molar-refractivity contribution in [3.05, 3.63) is 74.6 Å². The number of aromatic amines is 1. The summed E-state index contributed by atoms with van der Waals surface area (Å²) in [6.45, 7) is 6.56. The van der Waals surface area contributed by atoms with E-state index in [-0.39, 0.29) is 23.4 Å². The third-order valence-corrected chi connectivity index (χ3v) is 6.87. The zero-order valence-electron chi connectivity index (χ0n) is 19.2. The Morgan fingerprint density at radius 3 is 2.28 bits per heavy atom. The molecule has 0 saturated carbocycles. The van der Waals surface area contributed by atoms with Crippen molar-refractivity contribution in [1.29, 1.82) is 0 Å². The number of phenolic OH excluding ortho intramolecular Hbond substituents is 1. The van der Waals surface area contributed by atoms with Gasteiger partial charge in [0, 0.05) is 23.5 Å². The number of aryl methyl sites for hydroxylation is 2. The molecule has 1 aliphatic rings. The van der Waals surface area contributed by atoms with Gasteiger partial charge >= 0.3 is 0 Å². The van der Waals surface area contributed by atoms with Crippen molar-refractivity contribution in [3.8, 4) is 5.75 Å². The first-order valence-corrected chi connectivity index (χ1v) is 11.9. The number of aliphatic hydroxyl groups is 1. The molecule has 0 radical (unpaired) electrons. The second kappa shape index (κ2) is 9.47. The van der Waals surface area contributed by atoms with Gasteiger partial charge in [-0.2, -0.15) is 0 Å². The number of fused-ring (bicyclic) bond motifs is 2. The Bertz CT molecular complexity index is 1130. The Hall–Kier alpha value is -2.63. The summed E-state index contributed by atoms with van der Waals surface area (Å²) >= 11 is 0. The lowest BCUT2D eigenvalue weighted by Gasteiger charge is -2.28. The summed E-state index contributed by atoms with van der Waals surface area (Å²) in [5, 5.41) is 26.0. The number of rotatable bonds is 8. The molecule has 0 amide bonds. The van der Waals surface area contributed by atoms with Gasteiger partial charge in [-0.05, 0) is 72.1 Å². The standard InChI is InChI=1S/C27H34N2O3/c1-4-7-23(27(32)22-8-10-24(30)26-21(22)9-11-25(31)29-26)28-20-14-18-12-16(5-2)17(6-3)13-19(18)15-20/h8-13,20,23,27-28,30,32H,4-7,14-15H2,1-3H3,(H,29,31). The van der Waals surface area contributed by atoms with Crippen LogP contribution in [0.5, 0.6) is 5.75 Å². The molecule has 5 heteroatoms. The third kappa shape index (κ3) is 4.32. The molecule has 2 unspecified atom stereocenters. The van der Waals surface area contributed by atoms with Crippen molar-refractivity contribution in [1.82, 2.24) is 10.3 Å². The number of hydrogen-bond donors (Lipinski definition) is 4. The minimum Gasteiger partial charge on any atom is -0.506 e. The summed E-state index contributed by atoms with van der Waals surface area (Å²) in [5.41, 5.74) is 6.56. The fourth-order valence-electron chi connectivity index (χ4n) is 5.23. The molecule has 5 nitrogen and oxygen atoms in total. The molecule has 3 aromatic rings. The van der Waals surface area contributed by atoms with Crippen LogP contribution in [0.1, 0.15) is 67.5 Å². The smallest absolute Gasteiger partial charge is 0.248 e. The highest BCUT2D eigenvalue weighted by Gasteiger charge is 2.29. The summed E-state index contributed by atoms with van der Waals surface area (Å²) in [4.78, 5) is 14.4. The van der Waals surface area contributed by atoms with E-state index < -0.39 is 6.10 Å². The molecule has 1 heterocycles. The summed E-state index contributed by atoms with van der Waals surface area (Å²) in [6.07, 6.45) is 5.10. The maximum atomic E-state index is 11.7. The molecular formula is C27H34N2O3. The van der Waals surface area contributed by atoms with E-state index in [1.54, 1.807) is 18.2 Å². The van der Waals surface area contributed by atoms with Crippen molar-refractivity contribution in [3.63, 3.8) is 0 Å². The molecule has 0 saturated heterocycles. The number of phenols is 1. The van der Waals surface area contributed by atoms with Crippen LogP contribution in [0.25, 0.3) is 10.9 Å². The van der Waals surface area contributed by atoms with Crippen molar-refractivity contribution in [2.75, 3.05) is 0 Å². The van der Waals surface area contributed by atoms with Crippen LogP contribution >= 0.6 is 0 Å². The normalized spacial score (nSPS) is 15.8. The molecular weight excluding hydrogens is 400 g/mol. The van der Waals surface area contributed by atoms with Gasteiger partial charge in [0.2, 0.25) is 5.56 Å². The van der Waals surface area contributed by atoms with Crippen LogP contribution in [0.2, 0.25) is 0 Å². The highest BCUT2D eigenvalue weighted by atomic mass is 16.3. The number of benzene rings is 2. The first-order chi connectivity index (χ1) is 15.4. The molecule has 0 fully saturated rings. The SMILES string of the molecule is CCCC(NC1Cc2cc(CC)c(CC)cc2C1)C(O)c1ccc(O)c2[nH]c(=O)ccc12. The molecule has 4 rings (SSSR count). The number of aromatic nitrogens is 1. The van der Waals surface area contributed by atoms with E-state index in [0.29, 0.717) is 10.9 Å². The Morgan fingerprint density at radius 1 is 1.03 bits per heavy atom. The molecule has 2 aromatic carbocycles. The van der Waals surface area contributed by atoms with E-state index in [0.717, 1.165) is 44.1 Å². The van der Waals surface area contributed by atoms with E-state index in [2.05, 4.69) is 43.2 Å². The summed E-state index contributed by atoms with van der Waals surface area (Å²) in [5.74, 6) is 0.0124. The molecule has 0 spiro atoms. The monoisotopic (exact) mass is 434 g/mol. The topological polar surface area (TPSA) is 85.3 Å². The van der Waals surface area contributed by atoms with Crippen LogP contribution in [0.3, 0.4) is 0 Å². The summed E-state index contributed by atoms with van der Waals surface area (Å²) in [7, 11) is 0. The van der Waals surface area contributed by atoms with Crippen LogP contribution in [0, 0.1) is 0 Å². The average molecular weight is 435 g/mol. The van der Waals surface area contributed by atoms with Crippen molar-refractivity contribution in [2.24, 2.45) is 0 Å². The first kappa shape index (κ1) is 22.6. The number of hydrogen-bond acceptors (Lipinski definition) is 4. The Labute approximate surface area is 189 Å². The predicted octanol–water partition coefficient (Wildman–Crippen LogP) is 4.32. The number of H-pyrrole nitrogens is 1. The molecule has 170 valence electrons. The minimum absolute atomic E-state index is 0.0124. The number of aromatic hydroxyl groups is 1. The van der Waals surface area contributed by atoms with Gasteiger partial charge in [0.15, 0.2) is 0 Å². The maximum Gasteiger partial charge on any atom is 0.248 e. The number of nitrogens with one attached hydrogen (secondary N) is 2. The maximum absolute atomic E-state index is 11.7. The molecule has 2 atom stereocenters. The lowest BCUT2D eigenvalue weighted by atomic mass is 9.94. The quantitative estimate of drug-likeness (QED) is 0.425. The lowest BCUT2D eigenvalue weighted by Crippen LogP contribution is -2.42. The van der Waals surface area contributed by atoms with Gasteiger partial charge in [0.25, 0.3) is 0 Å². The zero-order chi connectivity index (χ0) is 22.8. The molecule has 32 heavy (non-hydrogen) atoms. The largest absolute Gasteiger partial charge is 0.506 e. The van der Waals surface area contributed by atoms with E-state index in [4.69, 9.17) is 0 Å². The second-order valence-electron chi connectivity index (χ2n) is 8.99. The van der Waals surface area contributed by atoms with Crippen molar-refractivity contribution >= 4 is 10.9 Å². The van der Waals surface area contributed by atoms with Crippen molar-refractivity contribution < 1.29 is 10.2 Å². The Kier molecular flexibility index (Phi) is 6.68. The molecule has 1 aliphatic carbocycles. The molecule has 0 bridgehead atoms. The van der Waals surface area contributed by atoms with Gasteiger partial charge in [-0.15, -0.1) is 0 Å². The lowest BCUT2D eigenvalue weighted by molar-refractivity contribution is 0.118. The van der Waals surface area contributed by atoms with Gasteiger partial charge in [-0.3, -0.25) is 4.79 Å². The van der Waals surface area contributed by atoms with E-state index >= 15 is 0 Å². The number of aliphatic hydroxyl groups excluding tert-OH is 1. The van der Waals surface area contributed by atoms with Crippen LogP contribution < -0.4 is 10.9 Å². The van der Waals surface area contributed by atoms with E-state index in [9.17, 15) is 15.0 Å². The molecule has 0 aliphatic heterocycles. The van der Waals surface area contributed by atoms with Gasteiger partial charge in [0.05, 0.1) is 11.6 Å². The predicted molar refractivity (Wildman–Crippen MR) is 129 cm³/mol. The van der Waals surface area contributed by atoms with Gasteiger partial charge in [0.1, 0.15) is 5.75 Å². The fraction of sp³-hybridized carbons (Fsp3) is 0.444. The van der Waals surface area contributed by atoms with Gasteiger partial charge < -0.3 is 20.5 Å². The van der Waals surface area contributed by atoms with E-state index in [1.165, 1.54) is 28.3 Å². The van der Waals surface area contributed by atoms with Gasteiger partial charge in [-0.1, -0.05) is 45.4 Å². The van der Waals surface area contributed by atoms with Crippen LogP contribution in [-0.4, -0.2) is 27.3 Å². The minimum atomic E-state index is -0.745. The number of pyridine rings is 1. The third-order valence-electron chi connectivity index (χ3n) is 6.87. The zero-order valence-corrected chi connectivity index (χ0v) is 19.2. The van der Waals surface area contributed by atoms with Crippen LogP contribution in [0.4, 0.5) is 0 Å². The van der Waals surface area contributed by atoms with Crippen LogP contribution in [-0.2, 0) is 25.7 Å².